The molecule has 19 heavy (non-hydrogen) atoms. The van der Waals surface area contributed by atoms with E-state index in [9.17, 15) is 0 Å². The Labute approximate surface area is 128 Å². The zero-order valence-corrected chi connectivity index (χ0v) is 13.3. The van der Waals surface area contributed by atoms with Crippen LogP contribution in [0.3, 0.4) is 0 Å². The summed E-state index contributed by atoms with van der Waals surface area (Å²) in [5.41, 5.74) is 2.04. The van der Waals surface area contributed by atoms with Crippen molar-refractivity contribution in [1.82, 2.24) is 14.5 Å². The molecule has 0 aliphatic heterocycles. The Morgan fingerprint density at radius 1 is 1.47 bits per heavy atom. The topological polar surface area (TPSA) is 30.7 Å². The van der Waals surface area contributed by atoms with Gasteiger partial charge in [0, 0.05) is 16.0 Å². The van der Waals surface area contributed by atoms with Crippen LogP contribution >= 0.6 is 38.9 Å². The van der Waals surface area contributed by atoms with Crippen molar-refractivity contribution in [3.63, 3.8) is 0 Å². The zero-order valence-electron chi connectivity index (χ0n) is 10.2. The first kappa shape index (κ1) is 13.1. The summed E-state index contributed by atoms with van der Waals surface area (Å²) < 4.78 is 3.16. The summed E-state index contributed by atoms with van der Waals surface area (Å²) in [5.74, 6) is 0.880. The van der Waals surface area contributed by atoms with Gasteiger partial charge in [-0.1, -0.05) is 15.9 Å². The molecule has 0 fully saturated rings. The second-order valence-electron chi connectivity index (χ2n) is 4.23. The highest BCUT2D eigenvalue weighted by Crippen LogP contribution is 2.27. The van der Waals surface area contributed by atoms with Gasteiger partial charge in [-0.3, -0.25) is 0 Å². The first-order valence-corrected chi connectivity index (χ1v) is 7.94. The Bertz CT molecular complexity index is 706. The van der Waals surface area contributed by atoms with Crippen molar-refractivity contribution in [3.05, 3.63) is 45.1 Å². The van der Waals surface area contributed by atoms with Crippen molar-refractivity contribution >= 4 is 49.9 Å². The van der Waals surface area contributed by atoms with E-state index in [2.05, 4.69) is 36.5 Å². The van der Waals surface area contributed by atoms with Crippen LogP contribution in [0.4, 0.5) is 0 Å². The minimum absolute atomic E-state index is 0.133. The van der Waals surface area contributed by atoms with Gasteiger partial charge in [-0.15, -0.1) is 22.9 Å². The molecule has 0 bridgehead atoms. The minimum atomic E-state index is -0.133. The van der Waals surface area contributed by atoms with E-state index >= 15 is 0 Å². The van der Waals surface area contributed by atoms with Crippen LogP contribution in [0.2, 0.25) is 0 Å². The summed E-state index contributed by atoms with van der Waals surface area (Å²) in [6.45, 7) is 2.65. The minimum Gasteiger partial charge on any atom is -0.320 e. The third-order valence-electron chi connectivity index (χ3n) is 2.87. The molecule has 0 N–H and O–H groups in total. The molecule has 0 saturated heterocycles. The zero-order chi connectivity index (χ0) is 13.4. The van der Waals surface area contributed by atoms with Crippen LogP contribution in [0.15, 0.2) is 34.2 Å². The fourth-order valence-corrected chi connectivity index (χ4v) is 3.18. The maximum atomic E-state index is 6.25. The van der Waals surface area contributed by atoms with Crippen LogP contribution in [-0.4, -0.2) is 14.5 Å². The van der Waals surface area contributed by atoms with Gasteiger partial charge < -0.3 is 4.57 Å². The first-order chi connectivity index (χ1) is 9.15. The Morgan fingerprint density at radius 2 is 2.32 bits per heavy atom. The highest BCUT2D eigenvalue weighted by molar-refractivity contribution is 9.10. The molecule has 6 heteroatoms. The molecule has 2 aromatic heterocycles. The third-order valence-corrected chi connectivity index (χ3v) is 4.33. The molecule has 0 radical (unpaired) electrons. The van der Waals surface area contributed by atoms with Gasteiger partial charge in [0.1, 0.15) is 10.8 Å². The van der Waals surface area contributed by atoms with Crippen LogP contribution in [-0.2, 0) is 6.54 Å². The van der Waals surface area contributed by atoms with Crippen molar-refractivity contribution in [2.45, 2.75) is 18.8 Å². The summed E-state index contributed by atoms with van der Waals surface area (Å²) in [5, 5.41) is 2.90. The smallest absolute Gasteiger partial charge is 0.128 e. The molecule has 1 aromatic carbocycles. The van der Waals surface area contributed by atoms with E-state index in [1.165, 1.54) is 0 Å². The van der Waals surface area contributed by atoms with Crippen LogP contribution in [0.1, 0.15) is 23.1 Å². The van der Waals surface area contributed by atoms with E-state index in [1.807, 2.05) is 30.6 Å². The highest BCUT2D eigenvalue weighted by Gasteiger charge is 2.16. The largest absolute Gasteiger partial charge is 0.320 e. The predicted molar refractivity (Wildman–Crippen MR) is 82.9 cm³/mol. The fourth-order valence-electron chi connectivity index (χ4n) is 2.06. The van der Waals surface area contributed by atoms with Crippen molar-refractivity contribution in [2.75, 3.05) is 0 Å². The second-order valence-corrected chi connectivity index (χ2v) is 6.78. The molecule has 98 valence electrons. The second kappa shape index (κ2) is 5.23. The maximum Gasteiger partial charge on any atom is 0.128 e. The number of fused-ring (bicyclic) bond motifs is 1. The first-order valence-electron chi connectivity index (χ1n) is 5.83. The number of imidazole rings is 1. The average molecular weight is 357 g/mol. The Balaban J connectivity index is 2.16. The van der Waals surface area contributed by atoms with E-state index in [-0.39, 0.29) is 5.38 Å². The summed E-state index contributed by atoms with van der Waals surface area (Å²) in [7, 11) is 0. The molecule has 0 amide bonds. The lowest BCUT2D eigenvalue weighted by molar-refractivity contribution is 0.738. The van der Waals surface area contributed by atoms with Crippen LogP contribution in [0.5, 0.6) is 0 Å². The van der Waals surface area contributed by atoms with Gasteiger partial charge in [0.25, 0.3) is 0 Å². The number of alkyl halides is 1. The van der Waals surface area contributed by atoms with E-state index < -0.39 is 0 Å². The molecule has 3 aromatic rings. The number of benzene rings is 1. The van der Waals surface area contributed by atoms with Crippen LogP contribution < -0.4 is 0 Å². The van der Waals surface area contributed by atoms with E-state index in [0.717, 1.165) is 26.3 Å². The molecule has 3 nitrogen and oxygen atoms in total. The number of rotatable bonds is 3. The summed E-state index contributed by atoms with van der Waals surface area (Å²) in [6, 6.07) is 6.09. The monoisotopic (exact) mass is 355 g/mol. The average Bonchev–Trinajstić information content (AvgIpc) is 2.97. The van der Waals surface area contributed by atoms with Crippen LogP contribution in [0, 0.1) is 0 Å². The summed E-state index contributed by atoms with van der Waals surface area (Å²) in [6.07, 6.45) is 1.82. The van der Waals surface area contributed by atoms with E-state index in [4.69, 9.17) is 11.6 Å². The van der Waals surface area contributed by atoms with Gasteiger partial charge in [0.2, 0.25) is 0 Å². The highest BCUT2D eigenvalue weighted by atomic mass is 79.9. The lowest BCUT2D eigenvalue weighted by Crippen LogP contribution is -2.05. The molecular weight excluding hydrogens is 346 g/mol. The van der Waals surface area contributed by atoms with Crippen molar-refractivity contribution in [3.8, 4) is 0 Å². The standard InChI is InChI=1S/C13H11BrClN3S/c1-8(15)13-17-10-6-9(14)2-3-11(10)18(13)7-12-16-4-5-19-12/h2-6,8H,7H2,1H3. The van der Waals surface area contributed by atoms with Crippen molar-refractivity contribution in [2.24, 2.45) is 0 Å². The lowest BCUT2D eigenvalue weighted by Gasteiger charge is -2.08. The van der Waals surface area contributed by atoms with Gasteiger partial charge in [-0.2, -0.15) is 0 Å². The molecule has 1 atom stereocenters. The molecule has 2 heterocycles. The molecule has 3 rings (SSSR count). The molecule has 0 aliphatic rings. The van der Waals surface area contributed by atoms with Crippen molar-refractivity contribution in [1.29, 1.82) is 0 Å². The Morgan fingerprint density at radius 3 is 3.00 bits per heavy atom. The number of hydrogen-bond donors (Lipinski definition) is 0. The van der Waals surface area contributed by atoms with Gasteiger partial charge >= 0.3 is 0 Å². The van der Waals surface area contributed by atoms with E-state index in [0.29, 0.717) is 6.54 Å². The van der Waals surface area contributed by atoms with Crippen LogP contribution in [0.25, 0.3) is 11.0 Å². The molecular formula is C13H11BrClN3S. The van der Waals surface area contributed by atoms with Gasteiger partial charge in [-0.25, -0.2) is 9.97 Å². The molecule has 0 aliphatic carbocycles. The number of nitrogens with zero attached hydrogens (tertiary/aromatic N) is 3. The third kappa shape index (κ3) is 2.55. The SMILES string of the molecule is CC(Cl)c1nc2cc(Br)ccc2n1Cc1nccs1. The molecule has 0 spiro atoms. The number of hydrogen-bond acceptors (Lipinski definition) is 3. The maximum absolute atomic E-state index is 6.25. The number of thiazole rings is 1. The lowest BCUT2D eigenvalue weighted by atomic mass is 10.3. The van der Waals surface area contributed by atoms with E-state index in [1.54, 1.807) is 11.3 Å². The fraction of sp³-hybridized carbons (Fsp3) is 0.231. The van der Waals surface area contributed by atoms with Crippen molar-refractivity contribution < 1.29 is 0 Å². The quantitative estimate of drug-likeness (QED) is 0.642. The number of aromatic nitrogens is 3. The predicted octanol–water partition coefficient (Wildman–Crippen LogP) is 4.60. The Hall–Kier alpha value is -0.910. The molecule has 0 saturated carbocycles. The number of halogens is 2. The normalized spacial score (nSPS) is 13.0. The summed E-state index contributed by atoms with van der Waals surface area (Å²) in [4.78, 5) is 8.96. The molecule has 1 unspecified atom stereocenters. The summed E-state index contributed by atoms with van der Waals surface area (Å²) >= 11 is 11.4. The van der Waals surface area contributed by atoms with Gasteiger partial charge in [0.15, 0.2) is 0 Å². The van der Waals surface area contributed by atoms with Gasteiger partial charge in [0.05, 0.1) is 23.0 Å². The van der Waals surface area contributed by atoms with Gasteiger partial charge in [-0.05, 0) is 25.1 Å². The Kier molecular flexibility index (Phi) is 3.60.